The zero-order valence-corrected chi connectivity index (χ0v) is 7.45. The van der Waals surface area contributed by atoms with E-state index in [9.17, 15) is 0 Å². The number of hydrogen-bond donors (Lipinski definition) is 3. The predicted molar refractivity (Wildman–Crippen MR) is 48.2 cm³/mol. The second-order valence-corrected chi connectivity index (χ2v) is 3.43. The Morgan fingerprint density at radius 1 is 1.75 bits per heavy atom. The van der Waals surface area contributed by atoms with Gasteiger partial charge in [0.1, 0.15) is 0 Å². The van der Waals surface area contributed by atoms with Crippen LogP contribution in [0.1, 0.15) is 26.2 Å². The fourth-order valence-corrected chi connectivity index (χ4v) is 1.10. The van der Waals surface area contributed by atoms with Crippen molar-refractivity contribution in [2.24, 2.45) is 16.8 Å². The van der Waals surface area contributed by atoms with Crippen LogP contribution in [0.15, 0.2) is 5.16 Å². The summed E-state index contributed by atoms with van der Waals surface area (Å²) in [5.41, 5.74) is 5.39. The molecule has 4 heteroatoms. The number of nitrogens with one attached hydrogen (secondary N) is 1. The van der Waals surface area contributed by atoms with Crippen molar-refractivity contribution in [1.82, 2.24) is 5.32 Å². The topological polar surface area (TPSA) is 70.6 Å². The molecule has 0 heterocycles. The van der Waals surface area contributed by atoms with Crippen LogP contribution in [0, 0.1) is 5.92 Å². The second kappa shape index (κ2) is 4.30. The molecule has 4 N–H and O–H groups in total. The van der Waals surface area contributed by atoms with Gasteiger partial charge in [-0.25, -0.2) is 0 Å². The smallest absolute Gasteiger partial charge is 0.156 e. The molecular weight excluding hydrogens is 154 g/mol. The number of amidine groups is 1. The summed E-state index contributed by atoms with van der Waals surface area (Å²) < 4.78 is 0. The highest BCUT2D eigenvalue weighted by Gasteiger charge is 2.20. The maximum absolute atomic E-state index is 8.35. The summed E-state index contributed by atoms with van der Waals surface area (Å²) in [5.74, 6) is 1.18. The third kappa shape index (κ3) is 3.09. The highest BCUT2D eigenvalue weighted by Crippen LogP contribution is 2.31. The van der Waals surface area contributed by atoms with Crippen LogP contribution in [-0.2, 0) is 0 Å². The molecule has 1 saturated carbocycles. The van der Waals surface area contributed by atoms with Crippen molar-refractivity contribution in [2.45, 2.75) is 32.2 Å². The minimum atomic E-state index is -0.0197. The van der Waals surface area contributed by atoms with E-state index in [1.807, 2.05) is 6.92 Å². The highest BCUT2D eigenvalue weighted by atomic mass is 16.4. The van der Waals surface area contributed by atoms with Crippen molar-refractivity contribution < 1.29 is 5.21 Å². The van der Waals surface area contributed by atoms with E-state index in [4.69, 9.17) is 10.9 Å². The molecule has 0 amide bonds. The monoisotopic (exact) mass is 171 g/mol. The standard InChI is InChI=1S/C8H17N3O/c1-6(8(9)11-12)10-5-4-7-2-3-7/h6-7,10,12H,2-5H2,1H3,(H2,9,11). The van der Waals surface area contributed by atoms with Crippen LogP contribution in [0.2, 0.25) is 0 Å². The summed E-state index contributed by atoms with van der Waals surface area (Å²) in [4.78, 5) is 0. The molecule has 1 unspecified atom stereocenters. The number of rotatable bonds is 5. The zero-order chi connectivity index (χ0) is 8.97. The second-order valence-electron chi connectivity index (χ2n) is 3.43. The minimum Gasteiger partial charge on any atom is -0.409 e. The van der Waals surface area contributed by atoms with E-state index >= 15 is 0 Å². The van der Waals surface area contributed by atoms with Gasteiger partial charge in [-0.05, 0) is 25.8 Å². The molecule has 70 valence electrons. The van der Waals surface area contributed by atoms with Gasteiger partial charge in [-0.1, -0.05) is 18.0 Å². The van der Waals surface area contributed by atoms with E-state index in [0.717, 1.165) is 12.5 Å². The van der Waals surface area contributed by atoms with Gasteiger partial charge in [-0.3, -0.25) is 0 Å². The maximum Gasteiger partial charge on any atom is 0.156 e. The van der Waals surface area contributed by atoms with Gasteiger partial charge in [0.2, 0.25) is 0 Å². The Kier molecular flexibility index (Phi) is 3.34. The minimum absolute atomic E-state index is 0.0197. The Bertz CT molecular complexity index is 166. The quantitative estimate of drug-likeness (QED) is 0.244. The molecule has 12 heavy (non-hydrogen) atoms. The van der Waals surface area contributed by atoms with Gasteiger partial charge in [0.05, 0.1) is 6.04 Å². The Hall–Kier alpha value is -0.770. The first kappa shape index (κ1) is 9.32. The molecule has 0 aromatic rings. The van der Waals surface area contributed by atoms with Crippen molar-refractivity contribution in [3.05, 3.63) is 0 Å². The Morgan fingerprint density at radius 3 is 2.92 bits per heavy atom. The van der Waals surface area contributed by atoms with E-state index in [1.165, 1.54) is 19.3 Å². The molecule has 1 rings (SSSR count). The first-order valence-corrected chi connectivity index (χ1v) is 4.45. The molecule has 0 aliphatic heterocycles. The molecule has 0 aromatic heterocycles. The molecule has 0 bridgehead atoms. The molecule has 0 aromatic carbocycles. The van der Waals surface area contributed by atoms with Crippen molar-refractivity contribution in [2.75, 3.05) is 6.54 Å². The Balaban J connectivity index is 2.04. The SMILES string of the molecule is CC(NCCC1CC1)C(N)=NO. The van der Waals surface area contributed by atoms with Crippen LogP contribution in [0.25, 0.3) is 0 Å². The van der Waals surface area contributed by atoms with Crippen molar-refractivity contribution in [1.29, 1.82) is 0 Å². The number of oxime groups is 1. The van der Waals surface area contributed by atoms with Crippen LogP contribution in [0.3, 0.4) is 0 Å². The van der Waals surface area contributed by atoms with E-state index in [2.05, 4.69) is 10.5 Å². The van der Waals surface area contributed by atoms with Crippen LogP contribution in [0.5, 0.6) is 0 Å². The molecule has 1 aliphatic carbocycles. The first-order chi connectivity index (χ1) is 5.74. The summed E-state index contributed by atoms with van der Waals surface area (Å²) in [5, 5.41) is 14.5. The van der Waals surface area contributed by atoms with Gasteiger partial charge in [-0.2, -0.15) is 0 Å². The van der Waals surface area contributed by atoms with Crippen molar-refractivity contribution in [3.8, 4) is 0 Å². The van der Waals surface area contributed by atoms with Gasteiger partial charge in [0, 0.05) is 0 Å². The fourth-order valence-electron chi connectivity index (χ4n) is 1.10. The average molecular weight is 171 g/mol. The third-order valence-electron chi connectivity index (χ3n) is 2.26. The zero-order valence-electron chi connectivity index (χ0n) is 7.45. The van der Waals surface area contributed by atoms with E-state index in [1.54, 1.807) is 0 Å². The van der Waals surface area contributed by atoms with Crippen LogP contribution < -0.4 is 11.1 Å². The lowest BCUT2D eigenvalue weighted by molar-refractivity contribution is 0.315. The van der Waals surface area contributed by atoms with E-state index in [-0.39, 0.29) is 11.9 Å². The van der Waals surface area contributed by atoms with E-state index < -0.39 is 0 Å². The third-order valence-corrected chi connectivity index (χ3v) is 2.26. The van der Waals surface area contributed by atoms with Crippen molar-refractivity contribution in [3.63, 3.8) is 0 Å². The Morgan fingerprint density at radius 2 is 2.42 bits per heavy atom. The average Bonchev–Trinajstić information content (AvgIpc) is 2.86. The summed E-state index contributed by atoms with van der Waals surface area (Å²) in [6, 6.07) is -0.0197. The number of nitrogens with zero attached hydrogens (tertiary/aromatic N) is 1. The van der Waals surface area contributed by atoms with Gasteiger partial charge >= 0.3 is 0 Å². The number of hydrogen-bond acceptors (Lipinski definition) is 3. The molecule has 1 atom stereocenters. The molecule has 0 saturated heterocycles. The molecule has 0 radical (unpaired) electrons. The largest absolute Gasteiger partial charge is 0.409 e. The highest BCUT2D eigenvalue weighted by molar-refractivity contribution is 5.84. The summed E-state index contributed by atoms with van der Waals surface area (Å²) in [6.45, 7) is 2.85. The fraction of sp³-hybridized carbons (Fsp3) is 0.875. The molecule has 0 spiro atoms. The lowest BCUT2D eigenvalue weighted by atomic mass is 10.2. The van der Waals surface area contributed by atoms with Gasteiger partial charge in [-0.15, -0.1) is 0 Å². The van der Waals surface area contributed by atoms with Gasteiger partial charge in [0.25, 0.3) is 0 Å². The molecule has 1 fully saturated rings. The first-order valence-electron chi connectivity index (χ1n) is 4.45. The maximum atomic E-state index is 8.35. The summed E-state index contributed by atoms with van der Waals surface area (Å²) in [6.07, 6.45) is 3.96. The molecular formula is C8H17N3O. The van der Waals surface area contributed by atoms with Crippen LogP contribution in [0.4, 0.5) is 0 Å². The van der Waals surface area contributed by atoms with E-state index in [0.29, 0.717) is 0 Å². The van der Waals surface area contributed by atoms with Crippen LogP contribution in [-0.4, -0.2) is 23.6 Å². The lowest BCUT2D eigenvalue weighted by Crippen LogP contribution is -2.39. The van der Waals surface area contributed by atoms with Crippen LogP contribution >= 0.6 is 0 Å². The molecule has 4 nitrogen and oxygen atoms in total. The predicted octanol–water partition coefficient (Wildman–Crippen LogP) is 0.511. The summed E-state index contributed by atoms with van der Waals surface area (Å²) in [7, 11) is 0. The van der Waals surface area contributed by atoms with Gasteiger partial charge < -0.3 is 16.3 Å². The molecule has 1 aliphatic rings. The van der Waals surface area contributed by atoms with Gasteiger partial charge in [0.15, 0.2) is 5.84 Å². The number of nitrogens with two attached hydrogens (primary N) is 1. The summed E-state index contributed by atoms with van der Waals surface area (Å²) >= 11 is 0. The lowest BCUT2D eigenvalue weighted by Gasteiger charge is -2.10. The Labute approximate surface area is 72.8 Å². The normalized spacial score (nSPS) is 20.9. The van der Waals surface area contributed by atoms with Crippen molar-refractivity contribution >= 4 is 5.84 Å².